The van der Waals surface area contributed by atoms with Gasteiger partial charge >= 0.3 is 6.18 Å². The second-order valence-electron chi connectivity index (χ2n) is 6.46. The summed E-state index contributed by atoms with van der Waals surface area (Å²) in [7, 11) is 0. The van der Waals surface area contributed by atoms with Gasteiger partial charge in [0.05, 0.1) is 29.3 Å². The summed E-state index contributed by atoms with van der Waals surface area (Å²) in [5.74, 6) is 1.48. The zero-order valence-corrected chi connectivity index (χ0v) is 15.1. The standard InChI is InChI=1S/C20H18F3N5/c1-13-26-17-4-2-3-5-18(17)28(13)19-12-25-8-9-27(19)15-6-7-16(20(21,22)23)14(10-15)11-24/h2-8,10,12H,9,11,24H2,1H3. The fourth-order valence-corrected chi connectivity index (χ4v) is 3.46. The summed E-state index contributed by atoms with van der Waals surface area (Å²) in [6, 6.07) is 11.7. The average molecular weight is 385 g/mol. The number of aryl methyl sites for hydroxylation is 1. The van der Waals surface area contributed by atoms with Gasteiger partial charge in [-0.2, -0.15) is 13.2 Å². The summed E-state index contributed by atoms with van der Waals surface area (Å²) >= 11 is 0. The van der Waals surface area contributed by atoms with Crippen molar-refractivity contribution in [2.24, 2.45) is 10.7 Å². The number of imidazole rings is 1. The fraction of sp³-hybridized carbons (Fsp3) is 0.200. The summed E-state index contributed by atoms with van der Waals surface area (Å²) in [4.78, 5) is 10.7. The molecule has 0 aliphatic carbocycles. The Kier molecular flexibility index (Phi) is 4.43. The molecular formula is C20H18F3N5. The molecule has 1 aromatic heterocycles. The number of hydrogen-bond acceptors (Lipinski definition) is 4. The number of hydrogen-bond donors (Lipinski definition) is 1. The van der Waals surface area contributed by atoms with E-state index in [9.17, 15) is 13.2 Å². The number of nitrogens with two attached hydrogens (primary N) is 1. The molecule has 4 rings (SSSR count). The van der Waals surface area contributed by atoms with Crippen molar-refractivity contribution in [1.82, 2.24) is 9.55 Å². The van der Waals surface area contributed by atoms with Crippen LogP contribution in [0.25, 0.3) is 16.9 Å². The summed E-state index contributed by atoms with van der Waals surface area (Å²) in [5, 5.41) is 0. The summed E-state index contributed by atoms with van der Waals surface area (Å²) in [5.41, 5.74) is 7.30. The Labute approximate surface area is 159 Å². The van der Waals surface area contributed by atoms with Gasteiger partial charge in [0.2, 0.25) is 0 Å². The normalized spacial score (nSPS) is 14.6. The highest BCUT2D eigenvalue weighted by Crippen LogP contribution is 2.35. The second-order valence-corrected chi connectivity index (χ2v) is 6.46. The molecule has 5 nitrogen and oxygen atoms in total. The van der Waals surface area contributed by atoms with Crippen LogP contribution in [0.3, 0.4) is 0 Å². The number of halogens is 3. The van der Waals surface area contributed by atoms with Crippen LogP contribution in [0.1, 0.15) is 17.0 Å². The molecule has 1 aliphatic heterocycles. The van der Waals surface area contributed by atoms with Crippen LogP contribution < -0.4 is 10.6 Å². The first-order valence-corrected chi connectivity index (χ1v) is 8.74. The molecule has 0 fully saturated rings. The Bertz CT molecular complexity index is 1090. The molecule has 0 atom stereocenters. The number of alkyl halides is 3. The first kappa shape index (κ1) is 18.2. The number of para-hydroxylation sites is 2. The second kappa shape index (κ2) is 6.79. The van der Waals surface area contributed by atoms with Gasteiger partial charge in [0.1, 0.15) is 11.6 Å². The van der Waals surface area contributed by atoms with Crippen LogP contribution in [0.2, 0.25) is 0 Å². The molecule has 28 heavy (non-hydrogen) atoms. The minimum Gasteiger partial charge on any atom is -0.326 e. The van der Waals surface area contributed by atoms with Gasteiger partial charge < -0.3 is 10.6 Å². The first-order valence-electron chi connectivity index (χ1n) is 8.74. The Morgan fingerprint density at radius 3 is 2.68 bits per heavy atom. The van der Waals surface area contributed by atoms with Gasteiger partial charge in [0, 0.05) is 18.4 Å². The van der Waals surface area contributed by atoms with Crippen LogP contribution in [-0.2, 0) is 12.7 Å². The van der Waals surface area contributed by atoms with E-state index in [1.807, 2.05) is 40.7 Å². The maximum atomic E-state index is 13.2. The van der Waals surface area contributed by atoms with Gasteiger partial charge in [-0.05, 0) is 42.8 Å². The van der Waals surface area contributed by atoms with Crippen molar-refractivity contribution >= 4 is 28.8 Å². The maximum absolute atomic E-state index is 13.2. The molecule has 0 saturated heterocycles. The van der Waals surface area contributed by atoms with Gasteiger partial charge in [-0.15, -0.1) is 0 Å². The average Bonchev–Trinajstić information content (AvgIpc) is 3.02. The number of benzene rings is 2. The van der Waals surface area contributed by atoms with E-state index in [0.29, 0.717) is 12.2 Å². The van der Waals surface area contributed by atoms with Crippen molar-refractivity contribution in [3.05, 3.63) is 65.6 Å². The minimum absolute atomic E-state index is 0.0547. The Hall–Kier alpha value is -3.13. The van der Waals surface area contributed by atoms with Crippen LogP contribution in [-0.4, -0.2) is 22.3 Å². The lowest BCUT2D eigenvalue weighted by atomic mass is 10.1. The van der Waals surface area contributed by atoms with E-state index in [1.165, 1.54) is 12.1 Å². The topological polar surface area (TPSA) is 59.4 Å². The van der Waals surface area contributed by atoms with Gasteiger partial charge in [0.25, 0.3) is 0 Å². The minimum atomic E-state index is -4.44. The molecule has 0 radical (unpaired) electrons. The highest BCUT2D eigenvalue weighted by atomic mass is 19.4. The van der Waals surface area contributed by atoms with Crippen LogP contribution in [0.15, 0.2) is 53.7 Å². The zero-order chi connectivity index (χ0) is 19.9. The lowest BCUT2D eigenvalue weighted by molar-refractivity contribution is -0.138. The van der Waals surface area contributed by atoms with Crippen molar-refractivity contribution < 1.29 is 13.2 Å². The molecule has 0 spiro atoms. The van der Waals surface area contributed by atoms with E-state index in [-0.39, 0.29) is 12.1 Å². The Balaban J connectivity index is 1.83. The summed E-state index contributed by atoms with van der Waals surface area (Å²) in [6.07, 6.45) is -1.05. The van der Waals surface area contributed by atoms with E-state index in [4.69, 9.17) is 5.73 Å². The number of rotatable bonds is 3. The molecule has 0 amide bonds. The Morgan fingerprint density at radius 2 is 1.93 bits per heavy atom. The third-order valence-electron chi connectivity index (χ3n) is 4.72. The van der Waals surface area contributed by atoms with Crippen molar-refractivity contribution in [1.29, 1.82) is 0 Å². The molecule has 8 heteroatoms. The molecule has 144 valence electrons. The number of aromatic nitrogens is 2. The zero-order valence-electron chi connectivity index (χ0n) is 15.1. The molecule has 2 N–H and O–H groups in total. The van der Waals surface area contributed by atoms with Crippen molar-refractivity contribution in [3.63, 3.8) is 0 Å². The van der Waals surface area contributed by atoms with Crippen LogP contribution in [0.4, 0.5) is 18.9 Å². The Morgan fingerprint density at radius 1 is 1.14 bits per heavy atom. The highest BCUT2D eigenvalue weighted by molar-refractivity contribution is 5.87. The molecule has 0 bridgehead atoms. The maximum Gasteiger partial charge on any atom is 0.416 e. The lowest BCUT2D eigenvalue weighted by Gasteiger charge is -2.30. The predicted octanol–water partition coefficient (Wildman–Crippen LogP) is 4.17. The number of aliphatic imine (C=N–C) groups is 1. The van der Waals surface area contributed by atoms with E-state index < -0.39 is 11.7 Å². The largest absolute Gasteiger partial charge is 0.416 e. The summed E-state index contributed by atoms with van der Waals surface area (Å²) < 4.78 is 41.6. The third kappa shape index (κ3) is 3.05. The van der Waals surface area contributed by atoms with Gasteiger partial charge in [-0.3, -0.25) is 9.56 Å². The number of anilines is 1. The highest BCUT2D eigenvalue weighted by Gasteiger charge is 2.33. The molecule has 2 heterocycles. The quantitative estimate of drug-likeness (QED) is 0.736. The van der Waals surface area contributed by atoms with E-state index in [2.05, 4.69) is 9.98 Å². The van der Waals surface area contributed by atoms with Crippen molar-refractivity contribution in [2.75, 3.05) is 11.4 Å². The number of fused-ring (bicyclic) bond motifs is 1. The SMILES string of the molecule is Cc1nc2ccccc2n1C1=CN=CCN1c1ccc(C(F)(F)F)c(CN)c1. The lowest BCUT2D eigenvalue weighted by Crippen LogP contribution is -2.29. The van der Waals surface area contributed by atoms with E-state index in [0.717, 1.165) is 28.7 Å². The van der Waals surface area contributed by atoms with Gasteiger partial charge in [-0.25, -0.2) is 4.98 Å². The first-order chi connectivity index (χ1) is 13.4. The monoisotopic (exact) mass is 385 g/mol. The summed E-state index contributed by atoms with van der Waals surface area (Å²) in [6.45, 7) is 2.11. The molecule has 1 aliphatic rings. The third-order valence-corrected chi connectivity index (χ3v) is 4.72. The predicted molar refractivity (Wildman–Crippen MR) is 104 cm³/mol. The van der Waals surface area contributed by atoms with Gasteiger partial charge in [0.15, 0.2) is 0 Å². The van der Waals surface area contributed by atoms with E-state index in [1.54, 1.807) is 12.4 Å². The van der Waals surface area contributed by atoms with Crippen LogP contribution in [0.5, 0.6) is 0 Å². The smallest absolute Gasteiger partial charge is 0.326 e. The van der Waals surface area contributed by atoms with Crippen molar-refractivity contribution in [2.45, 2.75) is 19.6 Å². The molecule has 0 unspecified atom stereocenters. The molecule has 3 aromatic rings. The molecule has 0 saturated carbocycles. The van der Waals surface area contributed by atoms with E-state index >= 15 is 0 Å². The molecular weight excluding hydrogens is 367 g/mol. The van der Waals surface area contributed by atoms with Crippen LogP contribution >= 0.6 is 0 Å². The molecule has 2 aromatic carbocycles. The van der Waals surface area contributed by atoms with Gasteiger partial charge in [-0.1, -0.05) is 12.1 Å². The van der Waals surface area contributed by atoms with Crippen LogP contribution in [0, 0.1) is 6.92 Å². The van der Waals surface area contributed by atoms with Crippen molar-refractivity contribution in [3.8, 4) is 0 Å². The number of nitrogens with zero attached hydrogens (tertiary/aromatic N) is 4. The fourth-order valence-electron chi connectivity index (χ4n) is 3.46.